The zero-order valence-electron chi connectivity index (χ0n) is 10.1. The molecule has 2 rings (SSSR count). The fourth-order valence-electron chi connectivity index (χ4n) is 1.48. The van der Waals surface area contributed by atoms with Gasteiger partial charge in [0.15, 0.2) is 0 Å². The average molecular weight is 328 g/mol. The standard InChI is InChI=1S/C11H14BrN5S/c1-7(11-14-3-4-18-11)5-15-10-8(12)9(13-2)16-6-17-10/h3-4,6-7H,5H2,1-2H3,(H2,13,15,16,17). The molecule has 96 valence electrons. The summed E-state index contributed by atoms with van der Waals surface area (Å²) in [6, 6.07) is 0. The van der Waals surface area contributed by atoms with Crippen molar-refractivity contribution in [3.05, 3.63) is 27.4 Å². The van der Waals surface area contributed by atoms with Gasteiger partial charge in [-0.25, -0.2) is 15.0 Å². The highest BCUT2D eigenvalue weighted by Crippen LogP contribution is 2.27. The predicted molar refractivity (Wildman–Crippen MR) is 78.3 cm³/mol. The van der Waals surface area contributed by atoms with Gasteiger partial charge in [-0.05, 0) is 15.9 Å². The van der Waals surface area contributed by atoms with Crippen molar-refractivity contribution >= 4 is 38.9 Å². The summed E-state index contributed by atoms with van der Waals surface area (Å²) in [5, 5.41) is 9.42. The third-order valence-corrected chi connectivity index (χ3v) is 4.23. The number of thiazole rings is 1. The maximum Gasteiger partial charge on any atom is 0.145 e. The van der Waals surface area contributed by atoms with Crippen LogP contribution in [0.15, 0.2) is 22.4 Å². The van der Waals surface area contributed by atoms with Gasteiger partial charge in [-0.2, -0.15) is 0 Å². The van der Waals surface area contributed by atoms with E-state index in [4.69, 9.17) is 0 Å². The van der Waals surface area contributed by atoms with Crippen LogP contribution in [-0.4, -0.2) is 28.5 Å². The molecule has 0 radical (unpaired) electrons. The Labute approximate surface area is 118 Å². The Bertz CT molecular complexity index is 502. The highest BCUT2D eigenvalue weighted by atomic mass is 79.9. The number of nitrogens with one attached hydrogen (secondary N) is 2. The van der Waals surface area contributed by atoms with Crippen LogP contribution in [0, 0.1) is 0 Å². The molecule has 0 aliphatic heterocycles. The lowest BCUT2D eigenvalue weighted by Gasteiger charge is -2.12. The Kier molecular flexibility index (Phi) is 4.48. The van der Waals surface area contributed by atoms with Crippen LogP contribution in [0.4, 0.5) is 11.6 Å². The third-order valence-electron chi connectivity index (χ3n) is 2.47. The zero-order chi connectivity index (χ0) is 13.0. The third kappa shape index (κ3) is 2.97. The van der Waals surface area contributed by atoms with Gasteiger partial charge in [-0.1, -0.05) is 6.92 Å². The van der Waals surface area contributed by atoms with Crippen LogP contribution in [0.25, 0.3) is 0 Å². The summed E-state index contributed by atoms with van der Waals surface area (Å²) in [5.74, 6) is 1.91. The van der Waals surface area contributed by atoms with E-state index in [2.05, 4.69) is 48.4 Å². The molecule has 18 heavy (non-hydrogen) atoms. The van der Waals surface area contributed by atoms with Crippen LogP contribution in [0.3, 0.4) is 0 Å². The average Bonchev–Trinajstić information content (AvgIpc) is 2.91. The van der Waals surface area contributed by atoms with Crippen molar-refractivity contribution in [2.75, 3.05) is 24.2 Å². The number of nitrogens with zero attached hydrogens (tertiary/aromatic N) is 3. The summed E-state index contributed by atoms with van der Waals surface area (Å²) in [6.45, 7) is 2.92. The van der Waals surface area contributed by atoms with Gasteiger partial charge >= 0.3 is 0 Å². The van der Waals surface area contributed by atoms with Crippen LogP contribution in [-0.2, 0) is 0 Å². The quantitative estimate of drug-likeness (QED) is 0.884. The number of halogens is 1. The van der Waals surface area contributed by atoms with Crippen LogP contribution in [0.5, 0.6) is 0 Å². The number of hydrogen-bond acceptors (Lipinski definition) is 6. The molecule has 0 fully saturated rings. The Balaban J connectivity index is 2.02. The van der Waals surface area contributed by atoms with Crippen LogP contribution in [0.2, 0.25) is 0 Å². The van der Waals surface area contributed by atoms with Gasteiger partial charge in [-0.15, -0.1) is 11.3 Å². The van der Waals surface area contributed by atoms with E-state index in [1.165, 1.54) is 6.33 Å². The van der Waals surface area contributed by atoms with Crippen molar-refractivity contribution < 1.29 is 0 Å². The predicted octanol–water partition coefficient (Wildman–Crippen LogP) is 2.95. The van der Waals surface area contributed by atoms with E-state index < -0.39 is 0 Å². The zero-order valence-corrected chi connectivity index (χ0v) is 12.5. The van der Waals surface area contributed by atoms with Gasteiger partial charge in [-0.3, -0.25) is 0 Å². The highest BCUT2D eigenvalue weighted by molar-refractivity contribution is 9.10. The second kappa shape index (κ2) is 6.10. The Hall–Kier alpha value is -1.21. The SMILES string of the molecule is CNc1ncnc(NCC(C)c2nccs2)c1Br. The molecule has 1 unspecified atom stereocenters. The summed E-state index contributed by atoms with van der Waals surface area (Å²) < 4.78 is 0.846. The van der Waals surface area contributed by atoms with E-state index in [9.17, 15) is 0 Å². The fourth-order valence-corrected chi connectivity index (χ4v) is 2.72. The van der Waals surface area contributed by atoms with Crippen molar-refractivity contribution in [3.8, 4) is 0 Å². The highest BCUT2D eigenvalue weighted by Gasteiger charge is 2.11. The van der Waals surface area contributed by atoms with E-state index in [-0.39, 0.29) is 0 Å². The molecule has 0 amide bonds. The van der Waals surface area contributed by atoms with Crippen LogP contribution >= 0.6 is 27.3 Å². The topological polar surface area (TPSA) is 62.7 Å². The van der Waals surface area contributed by atoms with Gasteiger partial charge in [0.05, 0.1) is 5.01 Å². The van der Waals surface area contributed by atoms with Gasteiger partial charge in [0.1, 0.15) is 22.4 Å². The minimum Gasteiger partial charge on any atom is -0.372 e. The number of rotatable bonds is 5. The molecule has 0 bridgehead atoms. The van der Waals surface area contributed by atoms with E-state index in [0.29, 0.717) is 5.92 Å². The molecule has 0 saturated heterocycles. The summed E-state index contributed by atoms with van der Waals surface area (Å²) in [5.41, 5.74) is 0. The smallest absolute Gasteiger partial charge is 0.145 e. The first-order chi connectivity index (χ1) is 8.72. The molecule has 0 saturated carbocycles. The monoisotopic (exact) mass is 327 g/mol. The maximum atomic E-state index is 4.31. The summed E-state index contributed by atoms with van der Waals surface area (Å²) in [4.78, 5) is 12.6. The molecule has 0 aromatic carbocycles. The van der Waals surface area contributed by atoms with Gasteiger partial charge in [0.25, 0.3) is 0 Å². The molecular formula is C11H14BrN5S. The molecule has 5 nitrogen and oxygen atoms in total. The first kappa shape index (κ1) is 13.2. The van der Waals surface area contributed by atoms with E-state index >= 15 is 0 Å². The van der Waals surface area contributed by atoms with E-state index in [1.54, 1.807) is 11.3 Å². The Morgan fingerprint density at radius 1 is 1.33 bits per heavy atom. The second-order valence-corrected chi connectivity index (χ2v) is 5.51. The first-order valence-corrected chi connectivity index (χ1v) is 7.21. The lowest BCUT2D eigenvalue weighted by molar-refractivity contribution is 0.791. The number of hydrogen-bond donors (Lipinski definition) is 2. The van der Waals surface area contributed by atoms with Crippen molar-refractivity contribution in [1.29, 1.82) is 0 Å². The molecule has 2 heterocycles. The molecule has 7 heteroatoms. The van der Waals surface area contributed by atoms with Crippen molar-refractivity contribution in [2.24, 2.45) is 0 Å². The Morgan fingerprint density at radius 2 is 2.11 bits per heavy atom. The van der Waals surface area contributed by atoms with Crippen LogP contribution in [0.1, 0.15) is 17.8 Å². The first-order valence-electron chi connectivity index (χ1n) is 5.54. The van der Waals surface area contributed by atoms with E-state index in [0.717, 1.165) is 27.7 Å². The van der Waals surface area contributed by atoms with Crippen molar-refractivity contribution in [3.63, 3.8) is 0 Å². The van der Waals surface area contributed by atoms with Gasteiger partial charge in [0.2, 0.25) is 0 Å². The maximum absolute atomic E-state index is 4.31. The number of anilines is 2. The lowest BCUT2D eigenvalue weighted by atomic mass is 10.2. The normalized spacial score (nSPS) is 12.2. The molecule has 0 aliphatic rings. The molecule has 2 N–H and O–H groups in total. The van der Waals surface area contributed by atoms with Crippen molar-refractivity contribution in [1.82, 2.24) is 15.0 Å². The lowest BCUT2D eigenvalue weighted by Crippen LogP contribution is -2.12. The fraction of sp³-hybridized carbons (Fsp3) is 0.364. The second-order valence-electron chi connectivity index (χ2n) is 3.79. The Morgan fingerprint density at radius 3 is 2.78 bits per heavy atom. The largest absolute Gasteiger partial charge is 0.372 e. The number of aromatic nitrogens is 3. The van der Waals surface area contributed by atoms with Gasteiger partial charge in [0, 0.05) is 31.1 Å². The summed E-state index contributed by atoms with van der Waals surface area (Å²) >= 11 is 5.15. The summed E-state index contributed by atoms with van der Waals surface area (Å²) in [6.07, 6.45) is 3.36. The molecule has 2 aromatic rings. The molecule has 1 atom stereocenters. The van der Waals surface area contributed by atoms with Crippen molar-refractivity contribution in [2.45, 2.75) is 12.8 Å². The molecular weight excluding hydrogens is 314 g/mol. The summed E-state index contributed by atoms with van der Waals surface area (Å²) in [7, 11) is 1.83. The molecule has 0 aliphatic carbocycles. The minimum atomic E-state index is 0.352. The van der Waals surface area contributed by atoms with E-state index in [1.807, 2.05) is 18.6 Å². The van der Waals surface area contributed by atoms with Crippen LogP contribution < -0.4 is 10.6 Å². The minimum absolute atomic E-state index is 0.352. The van der Waals surface area contributed by atoms with Gasteiger partial charge < -0.3 is 10.6 Å². The molecule has 2 aromatic heterocycles. The molecule has 0 spiro atoms.